The van der Waals surface area contributed by atoms with Crippen LogP contribution in [0.5, 0.6) is 0 Å². The van der Waals surface area contributed by atoms with Crippen molar-refractivity contribution in [3.8, 4) is 0 Å². The highest BCUT2D eigenvalue weighted by Gasteiger charge is 2.22. The van der Waals surface area contributed by atoms with Gasteiger partial charge in [-0.1, -0.05) is 25.0 Å². The molecule has 0 heterocycles. The fraction of sp³-hybridized carbons (Fsp3) is 0.471. The summed E-state index contributed by atoms with van der Waals surface area (Å²) in [5, 5.41) is 16.6. The van der Waals surface area contributed by atoms with Gasteiger partial charge in [-0.05, 0) is 30.5 Å². The van der Waals surface area contributed by atoms with Crippen LogP contribution in [0.15, 0.2) is 24.3 Å². The van der Waals surface area contributed by atoms with Gasteiger partial charge in [0.05, 0.1) is 6.42 Å². The van der Waals surface area contributed by atoms with E-state index in [4.69, 9.17) is 5.11 Å². The van der Waals surface area contributed by atoms with E-state index in [0.29, 0.717) is 6.54 Å². The van der Waals surface area contributed by atoms with Gasteiger partial charge in [-0.15, -0.1) is 0 Å². The first-order valence-corrected chi connectivity index (χ1v) is 8.18. The molecule has 0 unspecified atom stereocenters. The van der Waals surface area contributed by atoms with Crippen molar-refractivity contribution in [2.45, 2.75) is 38.6 Å². The Morgan fingerprint density at radius 2 is 1.88 bits per heavy atom. The molecule has 0 spiro atoms. The summed E-state index contributed by atoms with van der Waals surface area (Å²) in [4.78, 5) is 34.1. The lowest BCUT2D eigenvalue weighted by Gasteiger charge is -2.12. The van der Waals surface area contributed by atoms with Gasteiger partial charge in [0.2, 0.25) is 5.91 Å². The molecule has 0 radical (unpaired) electrons. The number of benzene rings is 1. The van der Waals surface area contributed by atoms with Gasteiger partial charge < -0.3 is 21.1 Å². The van der Waals surface area contributed by atoms with Crippen LogP contribution in [0.1, 0.15) is 37.7 Å². The number of amides is 3. The largest absolute Gasteiger partial charge is 0.481 e. The number of nitrogens with one attached hydrogen (secondary N) is 3. The summed E-state index contributed by atoms with van der Waals surface area (Å²) in [6.07, 6.45) is 4.00. The zero-order valence-corrected chi connectivity index (χ0v) is 13.5. The number of hydrogen-bond acceptors (Lipinski definition) is 3. The molecule has 24 heavy (non-hydrogen) atoms. The predicted molar refractivity (Wildman–Crippen MR) is 89.5 cm³/mol. The van der Waals surface area contributed by atoms with Crippen molar-refractivity contribution in [1.82, 2.24) is 10.6 Å². The first-order valence-electron chi connectivity index (χ1n) is 8.18. The molecule has 1 saturated carbocycles. The topological polar surface area (TPSA) is 108 Å². The second-order valence-electron chi connectivity index (χ2n) is 5.92. The number of aliphatic carboxylic acids is 1. The van der Waals surface area contributed by atoms with Gasteiger partial charge in [-0.25, -0.2) is 4.79 Å². The minimum absolute atomic E-state index is 0.0593. The maximum Gasteiger partial charge on any atom is 0.315 e. The summed E-state index contributed by atoms with van der Waals surface area (Å²) in [5.74, 6) is -0.795. The summed E-state index contributed by atoms with van der Waals surface area (Å²) in [5.41, 5.74) is 1.57. The Hall–Kier alpha value is -2.57. The predicted octanol–water partition coefficient (Wildman–Crippen LogP) is 2.09. The van der Waals surface area contributed by atoms with Crippen molar-refractivity contribution >= 4 is 23.6 Å². The Bertz CT molecular complexity index is 597. The smallest absolute Gasteiger partial charge is 0.315 e. The third-order valence-electron chi connectivity index (χ3n) is 4.00. The highest BCUT2D eigenvalue weighted by atomic mass is 16.4. The lowest BCUT2D eigenvalue weighted by molar-refractivity contribution is -0.136. The van der Waals surface area contributed by atoms with Gasteiger partial charge in [0.15, 0.2) is 0 Å². The van der Waals surface area contributed by atoms with Gasteiger partial charge >= 0.3 is 12.0 Å². The quantitative estimate of drug-likeness (QED) is 0.613. The van der Waals surface area contributed by atoms with Crippen LogP contribution in [0.25, 0.3) is 0 Å². The molecule has 1 aliphatic carbocycles. The number of carbonyl (C=O) groups is 3. The number of carboxylic acid groups (broad SMARTS) is 1. The Morgan fingerprint density at radius 1 is 1.12 bits per heavy atom. The summed E-state index contributed by atoms with van der Waals surface area (Å²) in [7, 11) is 0. The monoisotopic (exact) mass is 333 g/mol. The first-order chi connectivity index (χ1) is 11.5. The van der Waals surface area contributed by atoms with Crippen molar-refractivity contribution in [1.29, 1.82) is 0 Å². The zero-order chi connectivity index (χ0) is 17.4. The van der Waals surface area contributed by atoms with Crippen molar-refractivity contribution in [2.75, 3.05) is 11.9 Å². The van der Waals surface area contributed by atoms with Gasteiger partial charge in [0, 0.05) is 24.7 Å². The fourth-order valence-electron chi connectivity index (χ4n) is 2.72. The van der Waals surface area contributed by atoms with Crippen LogP contribution in [0.2, 0.25) is 0 Å². The van der Waals surface area contributed by atoms with E-state index in [1.165, 1.54) is 0 Å². The molecule has 7 heteroatoms. The Labute approximate surface area is 140 Å². The first kappa shape index (κ1) is 17.8. The van der Waals surface area contributed by atoms with Crippen LogP contribution in [0, 0.1) is 5.92 Å². The molecule has 1 aromatic rings. The maximum atomic E-state index is 12.1. The summed E-state index contributed by atoms with van der Waals surface area (Å²) in [6.45, 7) is 0.380. The number of urea groups is 1. The van der Waals surface area contributed by atoms with Crippen molar-refractivity contribution in [3.63, 3.8) is 0 Å². The van der Waals surface area contributed by atoms with E-state index in [-0.39, 0.29) is 24.8 Å². The van der Waals surface area contributed by atoms with E-state index in [2.05, 4.69) is 16.0 Å². The Kier molecular flexibility index (Phi) is 6.60. The zero-order valence-electron chi connectivity index (χ0n) is 13.5. The summed E-state index contributed by atoms with van der Waals surface area (Å²) < 4.78 is 0. The number of carbonyl (C=O) groups excluding carboxylic acids is 2. The Morgan fingerprint density at radius 3 is 2.58 bits per heavy atom. The van der Waals surface area contributed by atoms with Gasteiger partial charge in [0.25, 0.3) is 0 Å². The number of rotatable bonds is 7. The fourth-order valence-corrected chi connectivity index (χ4v) is 2.72. The number of carboxylic acids is 1. The van der Waals surface area contributed by atoms with Gasteiger partial charge in [-0.3, -0.25) is 9.59 Å². The van der Waals surface area contributed by atoms with Crippen LogP contribution in [-0.4, -0.2) is 29.6 Å². The molecular formula is C17H23N3O4. The number of anilines is 1. The average molecular weight is 333 g/mol. The molecule has 0 bridgehead atoms. The molecule has 0 saturated heterocycles. The minimum atomic E-state index is -0.957. The van der Waals surface area contributed by atoms with E-state index in [9.17, 15) is 14.4 Å². The molecule has 3 amide bonds. The summed E-state index contributed by atoms with van der Waals surface area (Å²) in [6, 6.07) is 6.90. The van der Waals surface area contributed by atoms with Crippen LogP contribution < -0.4 is 16.0 Å². The molecule has 1 aliphatic rings. The second-order valence-corrected chi connectivity index (χ2v) is 5.92. The molecule has 1 fully saturated rings. The van der Waals surface area contributed by atoms with Crippen molar-refractivity contribution in [2.24, 2.45) is 5.92 Å². The molecule has 4 N–H and O–H groups in total. The summed E-state index contributed by atoms with van der Waals surface area (Å²) >= 11 is 0. The van der Waals surface area contributed by atoms with E-state index in [0.717, 1.165) is 36.9 Å². The highest BCUT2D eigenvalue weighted by Crippen LogP contribution is 2.26. The van der Waals surface area contributed by atoms with Crippen LogP contribution >= 0.6 is 0 Å². The third kappa shape index (κ3) is 5.91. The molecule has 130 valence electrons. The lowest BCUT2D eigenvalue weighted by Crippen LogP contribution is -2.36. The van der Waals surface area contributed by atoms with Gasteiger partial charge in [-0.2, -0.15) is 0 Å². The maximum absolute atomic E-state index is 12.1. The van der Waals surface area contributed by atoms with E-state index < -0.39 is 12.0 Å². The normalized spacial score (nSPS) is 14.2. The average Bonchev–Trinajstić information content (AvgIpc) is 3.07. The van der Waals surface area contributed by atoms with Crippen LogP contribution in [-0.2, 0) is 16.1 Å². The van der Waals surface area contributed by atoms with E-state index in [1.54, 1.807) is 0 Å². The standard InChI is InChI=1S/C17H23N3O4/c21-15(22)8-9-18-17(24)19-11-12-4-3-7-14(10-12)20-16(23)13-5-1-2-6-13/h3-4,7,10,13H,1-2,5-6,8-9,11H2,(H,20,23)(H,21,22)(H2,18,19,24). The van der Waals surface area contributed by atoms with Crippen LogP contribution in [0.4, 0.5) is 10.5 Å². The molecule has 0 atom stereocenters. The molecule has 2 rings (SSSR count). The molecule has 0 aliphatic heterocycles. The second kappa shape index (κ2) is 8.90. The lowest BCUT2D eigenvalue weighted by atomic mass is 10.1. The SMILES string of the molecule is O=C(O)CCNC(=O)NCc1cccc(NC(=O)C2CCCC2)c1. The molecule has 0 aromatic heterocycles. The van der Waals surface area contributed by atoms with E-state index in [1.807, 2.05) is 24.3 Å². The number of hydrogen-bond donors (Lipinski definition) is 4. The third-order valence-corrected chi connectivity index (χ3v) is 4.00. The molecule has 1 aromatic carbocycles. The molecular weight excluding hydrogens is 310 g/mol. The van der Waals surface area contributed by atoms with Crippen molar-refractivity contribution in [3.05, 3.63) is 29.8 Å². The molecule has 7 nitrogen and oxygen atoms in total. The van der Waals surface area contributed by atoms with Gasteiger partial charge in [0.1, 0.15) is 0 Å². The Balaban J connectivity index is 1.78. The minimum Gasteiger partial charge on any atom is -0.481 e. The highest BCUT2D eigenvalue weighted by molar-refractivity contribution is 5.92. The van der Waals surface area contributed by atoms with Crippen molar-refractivity contribution < 1.29 is 19.5 Å². The van der Waals surface area contributed by atoms with Crippen LogP contribution in [0.3, 0.4) is 0 Å². The van der Waals surface area contributed by atoms with E-state index >= 15 is 0 Å².